The SMILES string of the molecule is C1=CC(Cc2ccccc2)CCC1. The van der Waals surface area contributed by atoms with Crippen molar-refractivity contribution >= 4 is 0 Å². The molecule has 0 saturated heterocycles. The zero-order chi connectivity index (χ0) is 8.93. The van der Waals surface area contributed by atoms with E-state index in [9.17, 15) is 0 Å². The Labute approximate surface area is 80.3 Å². The van der Waals surface area contributed by atoms with E-state index in [2.05, 4.69) is 42.5 Å². The Morgan fingerprint density at radius 2 is 2.00 bits per heavy atom. The Morgan fingerprint density at radius 3 is 2.69 bits per heavy atom. The highest BCUT2D eigenvalue weighted by molar-refractivity contribution is 5.16. The Bertz CT molecular complexity index is 271. The second kappa shape index (κ2) is 4.27. The summed E-state index contributed by atoms with van der Waals surface area (Å²) in [5.41, 5.74) is 1.47. The lowest BCUT2D eigenvalue weighted by Gasteiger charge is -2.15. The first-order valence-electron chi connectivity index (χ1n) is 5.16. The molecule has 1 aromatic carbocycles. The van der Waals surface area contributed by atoms with E-state index < -0.39 is 0 Å². The van der Waals surface area contributed by atoms with Crippen molar-refractivity contribution < 1.29 is 0 Å². The molecule has 2 rings (SSSR count). The quantitative estimate of drug-likeness (QED) is 0.598. The van der Waals surface area contributed by atoms with E-state index in [1.54, 1.807) is 0 Å². The lowest BCUT2D eigenvalue weighted by atomic mass is 9.90. The van der Waals surface area contributed by atoms with Gasteiger partial charge in [-0.1, -0.05) is 42.5 Å². The normalized spacial score (nSPS) is 21.7. The van der Waals surface area contributed by atoms with Crippen LogP contribution in [0, 0.1) is 5.92 Å². The molecule has 0 amide bonds. The average Bonchev–Trinajstić information content (AvgIpc) is 2.21. The molecule has 0 N–H and O–H groups in total. The lowest BCUT2D eigenvalue weighted by Crippen LogP contribution is -2.04. The van der Waals surface area contributed by atoms with Gasteiger partial charge in [0.2, 0.25) is 0 Å². The van der Waals surface area contributed by atoms with Crippen LogP contribution < -0.4 is 0 Å². The van der Waals surface area contributed by atoms with Crippen molar-refractivity contribution in [3.8, 4) is 0 Å². The van der Waals surface area contributed by atoms with E-state index in [0.29, 0.717) is 0 Å². The molecule has 0 aliphatic heterocycles. The summed E-state index contributed by atoms with van der Waals surface area (Å²) in [6.07, 6.45) is 9.95. The van der Waals surface area contributed by atoms with Crippen LogP contribution in [0.4, 0.5) is 0 Å². The second-order valence-corrected chi connectivity index (χ2v) is 3.81. The lowest BCUT2D eigenvalue weighted by molar-refractivity contribution is 0.539. The first-order chi connectivity index (χ1) is 6.45. The van der Waals surface area contributed by atoms with Crippen LogP contribution >= 0.6 is 0 Å². The molecule has 0 saturated carbocycles. The maximum atomic E-state index is 2.39. The standard InChI is InChI=1S/C13H16/c1-3-7-12(8-4-1)11-13-9-5-2-6-10-13/h1,3-5,7-9,13H,2,6,10-11H2. The summed E-state index contributed by atoms with van der Waals surface area (Å²) in [4.78, 5) is 0. The molecule has 0 heterocycles. The van der Waals surface area contributed by atoms with Gasteiger partial charge in [0.05, 0.1) is 0 Å². The molecular weight excluding hydrogens is 156 g/mol. The van der Waals surface area contributed by atoms with Crippen LogP contribution in [0.25, 0.3) is 0 Å². The van der Waals surface area contributed by atoms with E-state index >= 15 is 0 Å². The van der Waals surface area contributed by atoms with Gasteiger partial charge >= 0.3 is 0 Å². The van der Waals surface area contributed by atoms with E-state index in [4.69, 9.17) is 0 Å². The Morgan fingerprint density at radius 1 is 1.15 bits per heavy atom. The molecule has 0 fully saturated rings. The third-order valence-corrected chi connectivity index (χ3v) is 2.69. The predicted octanol–water partition coefficient (Wildman–Crippen LogP) is 3.59. The number of allylic oxidation sites excluding steroid dienone is 2. The summed E-state index contributed by atoms with van der Waals surface area (Å²) in [5, 5.41) is 0. The minimum absolute atomic E-state index is 0.788. The van der Waals surface area contributed by atoms with Crippen molar-refractivity contribution in [2.75, 3.05) is 0 Å². The fourth-order valence-electron chi connectivity index (χ4n) is 1.97. The molecular formula is C13H16. The molecule has 1 unspecified atom stereocenters. The summed E-state index contributed by atoms with van der Waals surface area (Å²) < 4.78 is 0. The van der Waals surface area contributed by atoms with Gasteiger partial charge in [-0.3, -0.25) is 0 Å². The third kappa shape index (κ3) is 2.45. The van der Waals surface area contributed by atoms with Gasteiger partial charge in [-0.05, 0) is 37.2 Å². The van der Waals surface area contributed by atoms with Crippen LogP contribution in [0.5, 0.6) is 0 Å². The van der Waals surface area contributed by atoms with E-state index in [1.807, 2.05) is 0 Å². The van der Waals surface area contributed by atoms with Gasteiger partial charge in [0.25, 0.3) is 0 Å². The Balaban J connectivity index is 1.98. The number of hydrogen-bond acceptors (Lipinski definition) is 0. The maximum Gasteiger partial charge on any atom is -0.0193 e. The van der Waals surface area contributed by atoms with Crippen molar-refractivity contribution in [2.24, 2.45) is 5.92 Å². The van der Waals surface area contributed by atoms with Crippen molar-refractivity contribution in [2.45, 2.75) is 25.7 Å². The van der Waals surface area contributed by atoms with Crippen LogP contribution in [-0.2, 0) is 6.42 Å². The van der Waals surface area contributed by atoms with Crippen molar-refractivity contribution in [1.29, 1.82) is 0 Å². The van der Waals surface area contributed by atoms with Gasteiger partial charge in [-0.2, -0.15) is 0 Å². The molecule has 0 radical (unpaired) electrons. The minimum Gasteiger partial charge on any atom is -0.0882 e. The van der Waals surface area contributed by atoms with Crippen molar-refractivity contribution in [3.05, 3.63) is 48.0 Å². The van der Waals surface area contributed by atoms with E-state index in [1.165, 1.54) is 31.2 Å². The molecule has 68 valence electrons. The summed E-state index contributed by atoms with van der Waals surface area (Å²) in [6, 6.07) is 10.8. The van der Waals surface area contributed by atoms with Crippen LogP contribution in [0.2, 0.25) is 0 Å². The monoisotopic (exact) mass is 172 g/mol. The molecule has 1 aliphatic carbocycles. The van der Waals surface area contributed by atoms with Crippen LogP contribution in [-0.4, -0.2) is 0 Å². The highest BCUT2D eigenvalue weighted by atomic mass is 14.1. The maximum absolute atomic E-state index is 2.39. The summed E-state index contributed by atoms with van der Waals surface area (Å²) in [5.74, 6) is 0.788. The Hall–Kier alpha value is -1.04. The van der Waals surface area contributed by atoms with Gasteiger partial charge in [0, 0.05) is 0 Å². The van der Waals surface area contributed by atoms with Crippen molar-refractivity contribution in [3.63, 3.8) is 0 Å². The predicted molar refractivity (Wildman–Crippen MR) is 56.6 cm³/mol. The van der Waals surface area contributed by atoms with Crippen molar-refractivity contribution in [1.82, 2.24) is 0 Å². The summed E-state index contributed by atoms with van der Waals surface area (Å²) in [6.45, 7) is 0. The van der Waals surface area contributed by atoms with Gasteiger partial charge < -0.3 is 0 Å². The molecule has 13 heavy (non-hydrogen) atoms. The second-order valence-electron chi connectivity index (χ2n) is 3.81. The highest BCUT2D eigenvalue weighted by Crippen LogP contribution is 2.20. The van der Waals surface area contributed by atoms with E-state index in [0.717, 1.165) is 5.92 Å². The number of hydrogen-bond donors (Lipinski definition) is 0. The summed E-state index contributed by atoms with van der Waals surface area (Å²) in [7, 11) is 0. The van der Waals surface area contributed by atoms with Crippen LogP contribution in [0.15, 0.2) is 42.5 Å². The van der Waals surface area contributed by atoms with Crippen LogP contribution in [0.3, 0.4) is 0 Å². The molecule has 0 bridgehead atoms. The zero-order valence-corrected chi connectivity index (χ0v) is 7.95. The van der Waals surface area contributed by atoms with Gasteiger partial charge in [-0.15, -0.1) is 0 Å². The molecule has 0 heteroatoms. The molecule has 0 aromatic heterocycles. The number of benzene rings is 1. The van der Waals surface area contributed by atoms with Gasteiger partial charge in [0.1, 0.15) is 0 Å². The molecule has 1 aliphatic rings. The first-order valence-corrected chi connectivity index (χ1v) is 5.16. The van der Waals surface area contributed by atoms with Gasteiger partial charge in [0.15, 0.2) is 0 Å². The largest absolute Gasteiger partial charge is 0.0882 e. The fraction of sp³-hybridized carbons (Fsp3) is 0.385. The Kier molecular flexibility index (Phi) is 2.81. The topological polar surface area (TPSA) is 0 Å². The minimum atomic E-state index is 0.788. The molecule has 0 spiro atoms. The fourth-order valence-corrected chi connectivity index (χ4v) is 1.97. The summed E-state index contributed by atoms with van der Waals surface area (Å²) >= 11 is 0. The third-order valence-electron chi connectivity index (χ3n) is 2.69. The number of rotatable bonds is 2. The van der Waals surface area contributed by atoms with E-state index in [-0.39, 0.29) is 0 Å². The smallest absolute Gasteiger partial charge is 0.0193 e. The van der Waals surface area contributed by atoms with Crippen LogP contribution in [0.1, 0.15) is 24.8 Å². The average molecular weight is 172 g/mol. The molecule has 1 atom stereocenters. The zero-order valence-electron chi connectivity index (χ0n) is 7.95. The molecule has 0 nitrogen and oxygen atoms in total. The first kappa shape index (κ1) is 8.55. The molecule has 1 aromatic rings. The highest BCUT2D eigenvalue weighted by Gasteiger charge is 2.08. The van der Waals surface area contributed by atoms with Gasteiger partial charge in [-0.25, -0.2) is 0 Å².